The molecule has 0 atom stereocenters. The van der Waals surface area contributed by atoms with Gasteiger partial charge in [0, 0.05) is 45.2 Å². The second-order valence-electron chi connectivity index (χ2n) is 9.34. The maximum atomic E-state index is 11.9. The lowest BCUT2D eigenvalue weighted by molar-refractivity contribution is -0.128. The minimum atomic E-state index is -0.257. The average molecular weight is 565 g/mol. The molecule has 33 heavy (non-hydrogen) atoms. The fourth-order valence-electron chi connectivity index (χ4n) is 3.75. The summed E-state index contributed by atoms with van der Waals surface area (Å²) in [6, 6.07) is 14.6. The highest BCUT2D eigenvalue weighted by Gasteiger charge is 2.20. The van der Waals surface area contributed by atoms with Crippen molar-refractivity contribution in [2.45, 2.75) is 65.8 Å². The second-order valence-corrected chi connectivity index (χ2v) is 9.34. The predicted molar refractivity (Wildman–Crippen MR) is 145 cm³/mol. The molecule has 0 unspecified atom stereocenters. The molecule has 0 aromatic heterocycles. The fraction of sp³-hybridized carbons (Fsp3) is 0.462. The van der Waals surface area contributed by atoms with Gasteiger partial charge in [-0.05, 0) is 56.9 Å². The van der Waals surface area contributed by atoms with E-state index in [0.29, 0.717) is 26.1 Å². The van der Waals surface area contributed by atoms with E-state index < -0.39 is 0 Å². The highest BCUT2D eigenvalue weighted by molar-refractivity contribution is 14.0. The molecule has 3 rings (SSSR count). The van der Waals surface area contributed by atoms with Crippen LogP contribution in [0.25, 0.3) is 0 Å². The van der Waals surface area contributed by atoms with Gasteiger partial charge in [0.25, 0.3) is 0 Å². The van der Waals surface area contributed by atoms with Crippen LogP contribution in [0.2, 0.25) is 0 Å². The summed E-state index contributed by atoms with van der Waals surface area (Å²) in [5.41, 5.74) is 4.32. The number of nitrogens with one attached hydrogen (secondary N) is 2. The first-order valence-corrected chi connectivity index (χ1v) is 11.3. The number of halogens is 1. The van der Waals surface area contributed by atoms with E-state index in [0.717, 1.165) is 41.4 Å². The van der Waals surface area contributed by atoms with E-state index in [1.807, 2.05) is 11.0 Å². The Hall–Kier alpha value is -2.29. The zero-order valence-electron chi connectivity index (χ0n) is 20.4. The van der Waals surface area contributed by atoms with Crippen LogP contribution in [0.15, 0.2) is 47.5 Å². The van der Waals surface area contributed by atoms with Crippen molar-refractivity contribution in [3.8, 4) is 5.75 Å². The molecule has 2 N–H and O–H groups in total. The zero-order valence-corrected chi connectivity index (χ0v) is 22.7. The molecule has 0 radical (unpaired) electrons. The van der Waals surface area contributed by atoms with E-state index in [-0.39, 0.29) is 35.5 Å². The lowest BCUT2D eigenvalue weighted by Crippen LogP contribution is -2.36. The summed E-state index contributed by atoms with van der Waals surface area (Å²) < 4.78 is 6.16. The molecule has 6 nitrogen and oxygen atoms in total. The van der Waals surface area contributed by atoms with Crippen LogP contribution in [-0.4, -0.2) is 36.0 Å². The molecule has 1 aliphatic heterocycles. The standard InChI is InChI=1S/C26H36N4O2.HI/c1-19-11-12-22(23(14-19)32-26(2,3)4)17-29-25(27-5)28-16-20-8-6-9-21(15-20)18-30-13-7-10-24(30)31;/h6,8-9,11-12,14-15H,7,10,13,16-18H2,1-5H3,(H2,27,28,29);1H. The smallest absolute Gasteiger partial charge is 0.222 e. The molecule has 1 fully saturated rings. The number of benzene rings is 2. The number of rotatable bonds is 7. The number of hydrogen-bond acceptors (Lipinski definition) is 3. The van der Waals surface area contributed by atoms with Gasteiger partial charge < -0.3 is 20.3 Å². The molecule has 0 aliphatic carbocycles. The van der Waals surface area contributed by atoms with Crippen molar-refractivity contribution in [3.05, 3.63) is 64.7 Å². The van der Waals surface area contributed by atoms with E-state index in [1.54, 1.807) is 7.05 Å². The first-order valence-electron chi connectivity index (χ1n) is 11.3. The van der Waals surface area contributed by atoms with Crippen LogP contribution < -0.4 is 15.4 Å². The molecule has 0 spiro atoms. The lowest BCUT2D eigenvalue weighted by Gasteiger charge is -2.24. The molecule has 1 heterocycles. The van der Waals surface area contributed by atoms with E-state index in [2.05, 4.69) is 79.7 Å². The van der Waals surface area contributed by atoms with Crippen molar-refractivity contribution in [1.82, 2.24) is 15.5 Å². The van der Waals surface area contributed by atoms with Crippen molar-refractivity contribution in [1.29, 1.82) is 0 Å². The van der Waals surface area contributed by atoms with Gasteiger partial charge in [-0.3, -0.25) is 9.79 Å². The topological polar surface area (TPSA) is 66.0 Å². The van der Waals surface area contributed by atoms with Crippen LogP contribution in [0.4, 0.5) is 0 Å². The van der Waals surface area contributed by atoms with Gasteiger partial charge in [0.1, 0.15) is 11.4 Å². The van der Waals surface area contributed by atoms with Gasteiger partial charge in [0.05, 0.1) is 0 Å². The van der Waals surface area contributed by atoms with Crippen LogP contribution >= 0.6 is 24.0 Å². The van der Waals surface area contributed by atoms with E-state index >= 15 is 0 Å². The Kier molecular flexibility index (Phi) is 10.0. The number of aliphatic imine (C=N–C) groups is 1. The number of carbonyl (C=O) groups is 1. The summed E-state index contributed by atoms with van der Waals surface area (Å²) in [6.07, 6.45) is 1.64. The van der Waals surface area contributed by atoms with Gasteiger partial charge in [0.2, 0.25) is 5.91 Å². The Morgan fingerprint density at radius 2 is 1.82 bits per heavy atom. The molecule has 2 aromatic rings. The number of carbonyl (C=O) groups excluding carboxylic acids is 1. The molecule has 1 aliphatic rings. The minimum absolute atomic E-state index is 0. The Labute approximate surface area is 215 Å². The van der Waals surface area contributed by atoms with Crippen molar-refractivity contribution in [2.75, 3.05) is 13.6 Å². The maximum absolute atomic E-state index is 11.9. The van der Waals surface area contributed by atoms with Crippen LogP contribution in [0, 0.1) is 6.92 Å². The van der Waals surface area contributed by atoms with E-state index in [4.69, 9.17) is 4.74 Å². The van der Waals surface area contributed by atoms with Crippen LogP contribution in [0.1, 0.15) is 55.9 Å². The van der Waals surface area contributed by atoms with Crippen molar-refractivity contribution >= 4 is 35.8 Å². The number of aryl methyl sites for hydroxylation is 1. The second kappa shape index (κ2) is 12.3. The number of hydrogen-bond donors (Lipinski definition) is 2. The number of amides is 1. The van der Waals surface area contributed by atoms with E-state index in [9.17, 15) is 4.79 Å². The highest BCUT2D eigenvalue weighted by Crippen LogP contribution is 2.24. The third-order valence-electron chi connectivity index (χ3n) is 5.30. The lowest BCUT2D eigenvalue weighted by atomic mass is 10.1. The third-order valence-corrected chi connectivity index (χ3v) is 5.30. The highest BCUT2D eigenvalue weighted by atomic mass is 127. The molecular weight excluding hydrogens is 527 g/mol. The monoisotopic (exact) mass is 564 g/mol. The van der Waals surface area contributed by atoms with Crippen LogP contribution in [0.3, 0.4) is 0 Å². The van der Waals surface area contributed by atoms with Gasteiger partial charge in [-0.2, -0.15) is 0 Å². The summed E-state index contributed by atoms with van der Waals surface area (Å²) in [5.74, 6) is 1.88. The average Bonchev–Trinajstić information content (AvgIpc) is 3.13. The Balaban J connectivity index is 0.00000385. The summed E-state index contributed by atoms with van der Waals surface area (Å²) >= 11 is 0. The van der Waals surface area contributed by atoms with Crippen LogP contribution in [-0.2, 0) is 24.4 Å². The van der Waals surface area contributed by atoms with Gasteiger partial charge in [-0.25, -0.2) is 0 Å². The quantitative estimate of drug-likeness (QED) is 0.289. The Morgan fingerprint density at radius 1 is 1.09 bits per heavy atom. The van der Waals surface area contributed by atoms with Crippen molar-refractivity contribution < 1.29 is 9.53 Å². The largest absolute Gasteiger partial charge is 0.488 e. The Bertz CT molecular complexity index is 969. The first-order chi connectivity index (χ1) is 15.2. The minimum Gasteiger partial charge on any atom is -0.488 e. The normalized spacial score (nSPS) is 14.2. The number of likely N-dealkylation sites (tertiary alicyclic amines) is 1. The number of ether oxygens (including phenoxy) is 1. The van der Waals surface area contributed by atoms with Gasteiger partial charge in [-0.1, -0.05) is 36.4 Å². The zero-order chi connectivity index (χ0) is 23.1. The van der Waals surface area contributed by atoms with Gasteiger partial charge in [0.15, 0.2) is 5.96 Å². The van der Waals surface area contributed by atoms with Crippen molar-refractivity contribution in [2.24, 2.45) is 4.99 Å². The molecule has 2 aromatic carbocycles. The summed E-state index contributed by atoms with van der Waals surface area (Å²) in [5, 5.41) is 6.77. The Morgan fingerprint density at radius 3 is 2.48 bits per heavy atom. The SMILES string of the molecule is CN=C(NCc1cccc(CN2CCCC2=O)c1)NCc1ccc(C)cc1OC(C)(C)C.I. The number of guanidine groups is 1. The number of nitrogens with zero attached hydrogens (tertiary/aromatic N) is 2. The molecule has 1 saturated heterocycles. The van der Waals surface area contributed by atoms with Crippen molar-refractivity contribution in [3.63, 3.8) is 0 Å². The molecule has 7 heteroatoms. The molecule has 0 bridgehead atoms. The fourth-order valence-corrected chi connectivity index (χ4v) is 3.75. The predicted octanol–water partition coefficient (Wildman–Crippen LogP) is 4.78. The molecule has 1 amide bonds. The van der Waals surface area contributed by atoms with E-state index in [1.165, 1.54) is 5.56 Å². The van der Waals surface area contributed by atoms with Crippen LogP contribution in [0.5, 0.6) is 5.75 Å². The summed E-state index contributed by atoms with van der Waals surface area (Å²) in [6.45, 7) is 11.0. The maximum Gasteiger partial charge on any atom is 0.222 e. The first kappa shape index (κ1) is 27.0. The van der Waals surface area contributed by atoms with Gasteiger partial charge >= 0.3 is 0 Å². The molecule has 180 valence electrons. The molecular formula is C26H37IN4O2. The summed E-state index contributed by atoms with van der Waals surface area (Å²) in [7, 11) is 1.77. The molecule has 0 saturated carbocycles. The third kappa shape index (κ3) is 8.53. The summed E-state index contributed by atoms with van der Waals surface area (Å²) in [4.78, 5) is 18.2. The van der Waals surface area contributed by atoms with Gasteiger partial charge in [-0.15, -0.1) is 24.0 Å².